The quantitative estimate of drug-likeness (QED) is 0.632. The van der Waals surface area contributed by atoms with Crippen LogP contribution in [0.15, 0.2) is 12.2 Å². The maximum atomic E-state index is 12.3. The number of esters is 1. The maximum absolute atomic E-state index is 12.3. The number of carbonyl (C=O) groups is 2. The number of amides is 1. The number of aliphatic hydroxyl groups is 1. The van der Waals surface area contributed by atoms with Crippen molar-refractivity contribution < 1.29 is 24.2 Å². The molecular weight excluding hydrogens is 274 g/mol. The van der Waals surface area contributed by atoms with E-state index >= 15 is 0 Å². The van der Waals surface area contributed by atoms with E-state index in [2.05, 4.69) is 6.58 Å². The van der Waals surface area contributed by atoms with E-state index in [4.69, 9.17) is 9.47 Å². The molecule has 21 heavy (non-hydrogen) atoms. The van der Waals surface area contributed by atoms with E-state index in [1.807, 2.05) is 6.92 Å². The third-order valence-corrected chi connectivity index (χ3v) is 3.57. The lowest BCUT2D eigenvalue weighted by atomic mass is 9.87. The van der Waals surface area contributed by atoms with Gasteiger partial charge < -0.3 is 14.6 Å². The third kappa shape index (κ3) is 3.97. The molecule has 0 aromatic rings. The molecule has 1 heterocycles. The van der Waals surface area contributed by atoms with Gasteiger partial charge in [0.2, 0.25) is 0 Å². The molecule has 0 aromatic heterocycles. The summed E-state index contributed by atoms with van der Waals surface area (Å²) in [7, 11) is 1.26. The van der Waals surface area contributed by atoms with Crippen LogP contribution in [0.25, 0.3) is 0 Å². The largest absolute Gasteiger partial charge is 0.467 e. The van der Waals surface area contributed by atoms with Crippen LogP contribution in [-0.4, -0.2) is 54.0 Å². The first kappa shape index (κ1) is 17.5. The molecule has 0 bridgehead atoms. The van der Waals surface area contributed by atoms with Crippen LogP contribution in [0.5, 0.6) is 0 Å². The van der Waals surface area contributed by atoms with Gasteiger partial charge in [-0.3, -0.25) is 4.90 Å². The molecule has 0 saturated carbocycles. The summed E-state index contributed by atoms with van der Waals surface area (Å²) >= 11 is 0. The zero-order chi connectivity index (χ0) is 16.4. The molecule has 1 saturated heterocycles. The Morgan fingerprint density at radius 3 is 2.33 bits per heavy atom. The number of hydrogen-bond donors (Lipinski definition) is 1. The molecule has 1 aliphatic heterocycles. The molecule has 6 heteroatoms. The second-order valence-electron chi connectivity index (χ2n) is 6.40. The summed E-state index contributed by atoms with van der Waals surface area (Å²) < 4.78 is 10.1. The topological polar surface area (TPSA) is 76.1 Å². The van der Waals surface area contributed by atoms with Gasteiger partial charge in [0.25, 0.3) is 0 Å². The molecular formula is C15H25NO5. The lowest BCUT2D eigenvalue weighted by Gasteiger charge is -2.28. The number of aliphatic hydroxyl groups excluding tert-OH is 1. The highest BCUT2D eigenvalue weighted by Gasteiger charge is 2.49. The van der Waals surface area contributed by atoms with Crippen molar-refractivity contribution in [1.82, 2.24) is 4.90 Å². The number of rotatable bonds is 3. The van der Waals surface area contributed by atoms with Crippen molar-refractivity contribution in [3.05, 3.63) is 12.2 Å². The molecule has 1 rings (SSSR count). The molecule has 0 spiro atoms. The Balaban J connectivity index is 3.07. The zero-order valence-electron chi connectivity index (χ0n) is 13.4. The molecule has 3 atom stereocenters. The van der Waals surface area contributed by atoms with Gasteiger partial charge >= 0.3 is 12.1 Å². The smallest absolute Gasteiger partial charge is 0.411 e. The third-order valence-electron chi connectivity index (χ3n) is 3.57. The van der Waals surface area contributed by atoms with E-state index in [1.165, 1.54) is 12.0 Å². The van der Waals surface area contributed by atoms with E-state index < -0.39 is 29.6 Å². The van der Waals surface area contributed by atoms with Gasteiger partial charge in [-0.05, 0) is 27.7 Å². The van der Waals surface area contributed by atoms with Gasteiger partial charge in [-0.25, -0.2) is 9.59 Å². The molecule has 0 aliphatic carbocycles. The summed E-state index contributed by atoms with van der Waals surface area (Å²) in [6, 6.07) is -0.850. The number of hydrogen-bond acceptors (Lipinski definition) is 5. The van der Waals surface area contributed by atoms with Crippen LogP contribution < -0.4 is 0 Å². The highest BCUT2D eigenvalue weighted by molar-refractivity contribution is 5.83. The summed E-state index contributed by atoms with van der Waals surface area (Å²) in [5, 5.41) is 9.60. The standard InChI is InChI=1S/C15H25NO5/c1-9(2)10-7-16(14(19)21-15(3,4)5)12(11(10)8-17)13(18)20-6/h10-12,17H,1,7-8H2,2-6H3/t10-,11+,12?/m1/s1. The second-order valence-corrected chi connectivity index (χ2v) is 6.40. The minimum Gasteiger partial charge on any atom is -0.467 e. The number of ether oxygens (including phenoxy) is 2. The molecule has 1 unspecified atom stereocenters. The molecule has 120 valence electrons. The number of carbonyl (C=O) groups excluding carboxylic acids is 2. The van der Waals surface area contributed by atoms with Gasteiger partial charge in [-0.15, -0.1) is 0 Å². The lowest BCUT2D eigenvalue weighted by molar-refractivity contribution is -0.147. The first-order valence-electron chi connectivity index (χ1n) is 6.96. The fraction of sp³-hybridized carbons (Fsp3) is 0.733. The molecule has 6 nitrogen and oxygen atoms in total. The van der Waals surface area contributed by atoms with Gasteiger partial charge in [0.15, 0.2) is 0 Å². The van der Waals surface area contributed by atoms with Gasteiger partial charge in [-0.2, -0.15) is 0 Å². The van der Waals surface area contributed by atoms with E-state index in [0.29, 0.717) is 0 Å². The Morgan fingerprint density at radius 1 is 1.38 bits per heavy atom. The predicted molar refractivity (Wildman–Crippen MR) is 77.6 cm³/mol. The van der Waals surface area contributed by atoms with E-state index in [9.17, 15) is 14.7 Å². The summed E-state index contributed by atoms with van der Waals surface area (Å²) in [4.78, 5) is 25.7. The second kappa shape index (κ2) is 6.47. The van der Waals surface area contributed by atoms with Crippen molar-refractivity contribution in [2.45, 2.75) is 39.3 Å². The van der Waals surface area contributed by atoms with E-state index in [0.717, 1.165) is 5.57 Å². The SMILES string of the molecule is C=C(C)[C@H]1CN(C(=O)OC(C)(C)C)C(C(=O)OC)[C@H]1CO. The minimum atomic E-state index is -0.850. The van der Waals surface area contributed by atoms with Crippen molar-refractivity contribution in [2.24, 2.45) is 11.8 Å². The van der Waals surface area contributed by atoms with E-state index in [-0.39, 0.29) is 19.1 Å². The Hall–Kier alpha value is -1.56. The van der Waals surface area contributed by atoms with Crippen LogP contribution in [0.2, 0.25) is 0 Å². The van der Waals surface area contributed by atoms with Crippen LogP contribution >= 0.6 is 0 Å². The van der Waals surface area contributed by atoms with Crippen LogP contribution in [0.3, 0.4) is 0 Å². The van der Waals surface area contributed by atoms with Crippen LogP contribution in [0.4, 0.5) is 4.79 Å². The number of nitrogens with zero attached hydrogens (tertiary/aromatic N) is 1. The first-order valence-corrected chi connectivity index (χ1v) is 6.96. The van der Waals surface area contributed by atoms with Crippen molar-refractivity contribution in [1.29, 1.82) is 0 Å². The summed E-state index contributed by atoms with van der Waals surface area (Å²) in [6.45, 7) is 11.0. The summed E-state index contributed by atoms with van der Waals surface area (Å²) in [5.74, 6) is -1.14. The van der Waals surface area contributed by atoms with Crippen molar-refractivity contribution >= 4 is 12.1 Å². The first-order chi connectivity index (χ1) is 9.62. The molecule has 0 radical (unpaired) electrons. The van der Waals surface area contributed by atoms with Gasteiger partial charge in [0.05, 0.1) is 7.11 Å². The number of methoxy groups -OCH3 is 1. The molecule has 1 N–H and O–H groups in total. The Labute approximate surface area is 125 Å². The Morgan fingerprint density at radius 2 is 1.95 bits per heavy atom. The van der Waals surface area contributed by atoms with Crippen molar-refractivity contribution in [3.8, 4) is 0 Å². The van der Waals surface area contributed by atoms with Crippen LogP contribution in [-0.2, 0) is 14.3 Å². The summed E-state index contributed by atoms with van der Waals surface area (Å²) in [5.41, 5.74) is 0.155. The van der Waals surface area contributed by atoms with E-state index in [1.54, 1.807) is 20.8 Å². The maximum Gasteiger partial charge on any atom is 0.411 e. The molecule has 1 amide bonds. The molecule has 1 fully saturated rings. The van der Waals surface area contributed by atoms with Crippen molar-refractivity contribution in [3.63, 3.8) is 0 Å². The molecule has 1 aliphatic rings. The average molecular weight is 299 g/mol. The minimum absolute atomic E-state index is 0.161. The van der Waals surface area contributed by atoms with Crippen LogP contribution in [0, 0.1) is 11.8 Å². The average Bonchev–Trinajstić information content (AvgIpc) is 2.75. The van der Waals surface area contributed by atoms with Gasteiger partial charge in [0.1, 0.15) is 11.6 Å². The molecule has 0 aromatic carbocycles. The highest BCUT2D eigenvalue weighted by Crippen LogP contribution is 2.35. The lowest BCUT2D eigenvalue weighted by Crippen LogP contribution is -2.46. The predicted octanol–water partition coefficient (Wildman–Crippen LogP) is 1.58. The zero-order valence-corrected chi connectivity index (χ0v) is 13.4. The highest BCUT2D eigenvalue weighted by atomic mass is 16.6. The van der Waals surface area contributed by atoms with Crippen LogP contribution in [0.1, 0.15) is 27.7 Å². The Bertz CT molecular complexity index is 426. The summed E-state index contributed by atoms with van der Waals surface area (Å²) in [6.07, 6.45) is -0.583. The fourth-order valence-electron chi connectivity index (χ4n) is 2.59. The Kier molecular flexibility index (Phi) is 5.39. The monoisotopic (exact) mass is 299 g/mol. The normalized spacial score (nSPS) is 25.6. The fourth-order valence-corrected chi connectivity index (χ4v) is 2.59. The van der Waals surface area contributed by atoms with Crippen molar-refractivity contribution in [2.75, 3.05) is 20.3 Å². The van der Waals surface area contributed by atoms with Gasteiger partial charge in [0, 0.05) is 25.0 Å². The van der Waals surface area contributed by atoms with Gasteiger partial charge in [-0.1, -0.05) is 12.2 Å². The number of likely N-dealkylation sites (tertiary alicyclic amines) is 1.